The second-order valence-corrected chi connectivity index (χ2v) is 6.73. The third kappa shape index (κ3) is 3.34. The molecule has 40 valence electrons. The maximum absolute atomic E-state index is 2.23. The third-order valence-electron chi connectivity index (χ3n) is 1.15. The van der Waals surface area contributed by atoms with E-state index in [4.69, 9.17) is 0 Å². The topological polar surface area (TPSA) is 0 Å². The first-order valence-electron chi connectivity index (χ1n) is 2.42. The van der Waals surface area contributed by atoms with E-state index in [1.807, 2.05) is 0 Å². The third-order valence-corrected chi connectivity index (χ3v) is 4.83. The minimum absolute atomic E-state index is 0.848. The van der Waals surface area contributed by atoms with Gasteiger partial charge in [-0.3, -0.25) is 0 Å². The molecule has 0 aliphatic rings. The van der Waals surface area contributed by atoms with Gasteiger partial charge in [-0.2, -0.15) is 0 Å². The van der Waals surface area contributed by atoms with E-state index in [9.17, 15) is 0 Å². The van der Waals surface area contributed by atoms with Gasteiger partial charge in [0.1, 0.15) is 0 Å². The van der Waals surface area contributed by atoms with Crippen LogP contribution in [0.5, 0.6) is 0 Å². The van der Waals surface area contributed by atoms with Crippen LogP contribution in [0.2, 0.25) is 0 Å². The molecule has 0 spiro atoms. The van der Waals surface area contributed by atoms with Crippen molar-refractivity contribution in [2.45, 2.75) is 6.92 Å². The molecule has 0 aromatic heterocycles. The second-order valence-electron chi connectivity index (χ2n) is 2.75. The maximum atomic E-state index is 2.23. The van der Waals surface area contributed by atoms with Crippen molar-refractivity contribution in [3.05, 3.63) is 0 Å². The van der Waals surface area contributed by atoms with E-state index in [-0.39, 0.29) is 0 Å². The fraction of sp³-hybridized carbons (Fsp3) is 0.800. The van der Waals surface area contributed by atoms with Gasteiger partial charge in [0.05, 0.1) is 0 Å². The van der Waals surface area contributed by atoms with E-state index in [0.29, 0.717) is 0 Å². The van der Waals surface area contributed by atoms with Crippen LogP contribution in [0.4, 0.5) is 0 Å². The molecular formula is C5H13NTl+. The summed E-state index contributed by atoms with van der Waals surface area (Å²) < 4.78 is 2.68. The quantitative estimate of drug-likeness (QED) is 0.461. The van der Waals surface area contributed by atoms with Crippen LogP contribution in [0.1, 0.15) is 6.92 Å². The van der Waals surface area contributed by atoms with Crippen molar-refractivity contribution in [1.82, 2.24) is 0 Å². The van der Waals surface area contributed by atoms with Crippen LogP contribution < -0.4 is 0 Å². The predicted octanol–water partition coefficient (Wildman–Crippen LogP) is -0.257. The molecule has 0 amide bonds. The van der Waals surface area contributed by atoms with Crippen molar-refractivity contribution in [3.8, 4) is 0 Å². The summed E-state index contributed by atoms with van der Waals surface area (Å²) in [5, 5.41) is 0. The van der Waals surface area contributed by atoms with Crippen molar-refractivity contribution in [1.29, 1.82) is 0 Å². The molecule has 0 aromatic rings. The summed E-state index contributed by atoms with van der Waals surface area (Å²) in [7, 11) is 6.63. The van der Waals surface area contributed by atoms with Gasteiger partial charge in [-0.1, -0.05) is 0 Å². The van der Waals surface area contributed by atoms with Gasteiger partial charge < -0.3 is 0 Å². The number of nitrogens with zero attached hydrogens (tertiary/aromatic N) is 1. The molecule has 0 saturated carbocycles. The monoisotopic (exact) mass is 292 g/mol. The Morgan fingerprint density at radius 2 is 1.43 bits per heavy atom. The van der Waals surface area contributed by atoms with Gasteiger partial charge in [0, 0.05) is 0 Å². The average molecular weight is 292 g/mol. The summed E-state index contributed by atoms with van der Waals surface area (Å²) in [6.07, 6.45) is 0. The zero-order chi connectivity index (χ0) is 6.08. The molecule has 0 radical (unpaired) electrons. The Labute approximate surface area is 61.1 Å². The number of rotatable bonds is 1. The van der Waals surface area contributed by atoms with Crippen molar-refractivity contribution in [3.63, 3.8) is 0 Å². The molecule has 0 N–H and O–H groups in total. The van der Waals surface area contributed by atoms with Crippen LogP contribution in [-0.2, 0) is 0 Å². The van der Waals surface area contributed by atoms with Crippen molar-refractivity contribution in [2.24, 2.45) is 0 Å². The van der Waals surface area contributed by atoms with Crippen LogP contribution >= 0.6 is 0 Å². The Kier molecular flexibility index (Phi) is 2.60. The minimum atomic E-state index is 0.848. The second kappa shape index (κ2) is 2.35. The number of hydrogen-bond donors (Lipinski definition) is 0. The first-order valence-corrected chi connectivity index (χ1v) is 5.17. The van der Waals surface area contributed by atoms with Gasteiger partial charge in [0.25, 0.3) is 0 Å². The van der Waals surface area contributed by atoms with Gasteiger partial charge >= 0.3 is 61.0 Å². The summed E-state index contributed by atoms with van der Waals surface area (Å²) in [5.74, 6) is 0. The van der Waals surface area contributed by atoms with Crippen molar-refractivity contribution >= 4 is 28.5 Å². The molecule has 0 aliphatic heterocycles. The Morgan fingerprint density at radius 3 is 1.43 bits per heavy atom. The Bertz CT molecular complexity index is 80.6. The molecule has 0 aliphatic carbocycles. The van der Waals surface area contributed by atoms with Crippen LogP contribution in [0.15, 0.2) is 0 Å². The molecule has 0 heterocycles. The molecule has 7 heavy (non-hydrogen) atoms. The van der Waals surface area contributed by atoms with Gasteiger partial charge in [0.15, 0.2) is 0 Å². The molecule has 0 atom stereocenters. The van der Waals surface area contributed by atoms with Crippen LogP contribution in [0.3, 0.4) is 0 Å². The van der Waals surface area contributed by atoms with Crippen LogP contribution in [-0.4, -0.2) is 54.1 Å². The Morgan fingerprint density at radius 1 is 1.29 bits per heavy atom. The molecule has 0 rings (SSSR count). The van der Waals surface area contributed by atoms with E-state index < -0.39 is 0 Å². The van der Waals surface area contributed by atoms with E-state index in [1.54, 1.807) is 3.18 Å². The van der Waals surface area contributed by atoms with Crippen molar-refractivity contribution < 1.29 is 4.48 Å². The molecule has 1 nitrogen and oxygen atoms in total. The zero-order valence-electron chi connectivity index (χ0n) is 5.65. The first kappa shape index (κ1) is 7.75. The molecular weight excluding hydrogens is 278 g/mol. The van der Waals surface area contributed by atoms with Gasteiger partial charge in [-0.15, -0.1) is 0 Å². The molecule has 0 saturated heterocycles. The van der Waals surface area contributed by atoms with Gasteiger partial charge in [-0.25, -0.2) is 0 Å². The average Bonchev–Trinajstić information content (AvgIpc) is 1.31. The van der Waals surface area contributed by atoms with E-state index in [2.05, 4.69) is 28.1 Å². The molecule has 2 heteroatoms. The Balaban J connectivity index is 3.79. The summed E-state index contributed by atoms with van der Waals surface area (Å²) in [4.78, 5) is 0. The zero-order valence-corrected chi connectivity index (χ0v) is 11.2. The summed E-state index contributed by atoms with van der Waals surface area (Å²) in [5.41, 5.74) is 0. The van der Waals surface area contributed by atoms with E-state index in [1.165, 1.54) is 0 Å². The van der Waals surface area contributed by atoms with E-state index in [0.717, 1.165) is 29.8 Å². The molecule has 0 aromatic carbocycles. The summed E-state index contributed by atoms with van der Waals surface area (Å²) >= 11 is 0.848. The summed E-state index contributed by atoms with van der Waals surface area (Å²) in [6.45, 7) is 2.23. The standard InChI is InChI=1S/C5H12N.Tl.H/c1-5-6(2,3)4;;/h1-4H3;;/q+1;;. The van der Waals surface area contributed by atoms with E-state index >= 15 is 0 Å². The molecule has 0 bridgehead atoms. The predicted molar refractivity (Wildman–Crippen MR) is 35.9 cm³/mol. The number of quaternary nitrogens is 1. The van der Waals surface area contributed by atoms with Crippen molar-refractivity contribution in [2.75, 3.05) is 21.1 Å². The number of hydrogen-bond acceptors (Lipinski definition) is 0. The van der Waals surface area contributed by atoms with Crippen LogP contribution in [0.25, 0.3) is 0 Å². The fourth-order valence-electron chi connectivity index (χ4n) is 0. The molecule has 0 fully saturated rings. The fourth-order valence-corrected chi connectivity index (χ4v) is 0. The van der Waals surface area contributed by atoms with Gasteiger partial charge in [-0.05, 0) is 0 Å². The molecule has 0 unspecified atom stereocenters. The van der Waals surface area contributed by atoms with Gasteiger partial charge in [0.2, 0.25) is 0 Å². The van der Waals surface area contributed by atoms with Crippen LogP contribution in [0, 0.1) is 0 Å². The first-order chi connectivity index (χ1) is 2.94. The SMILES string of the molecule is C[C](=[TlH])[N+](C)(C)C. The Hall–Kier alpha value is 0.752. The normalized spacial score (nSPS) is 11.3. The summed E-state index contributed by atoms with van der Waals surface area (Å²) in [6, 6.07) is 0.